The van der Waals surface area contributed by atoms with Crippen LogP contribution in [0.2, 0.25) is 5.02 Å². The first-order valence-electron chi connectivity index (χ1n) is 13.1. The minimum absolute atomic E-state index is 0.00400. The average molecular weight is 586 g/mol. The molecule has 214 valence electrons. The molecular formula is C30H36ClN3O5S. The maximum atomic E-state index is 14.0. The lowest BCUT2D eigenvalue weighted by Gasteiger charge is -2.33. The average Bonchev–Trinajstić information content (AvgIpc) is 2.95. The van der Waals surface area contributed by atoms with Crippen LogP contribution in [0.25, 0.3) is 0 Å². The number of carbonyl (C=O) groups excluding carboxylic acids is 2. The molecule has 8 nitrogen and oxygen atoms in total. The second kappa shape index (κ2) is 14.2. The van der Waals surface area contributed by atoms with Crippen LogP contribution in [-0.2, 0) is 26.2 Å². The Hall–Kier alpha value is -3.56. The third kappa shape index (κ3) is 7.76. The fourth-order valence-electron chi connectivity index (χ4n) is 4.15. The van der Waals surface area contributed by atoms with Gasteiger partial charge < -0.3 is 15.0 Å². The van der Waals surface area contributed by atoms with Gasteiger partial charge in [-0.05, 0) is 60.4 Å². The molecular weight excluding hydrogens is 550 g/mol. The van der Waals surface area contributed by atoms with Crippen LogP contribution in [0.15, 0.2) is 83.8 Å². The Morgan fingerprint density at radius 1 is 0.950 bits per heavy atom. The molecule has 3 aromatic carbocycles. The van der Waals surface area contributed by atoms with Gasteiger partial charge >= 0.3 is 0 Å². The minimum Gasteiger partial charge on any atom is -0.497 e. The van der Waals surface area contributed by atoms with E-state index >= 15 is 0 Å². The molecule has 0 heterocycles. The SMILES string of the molecule is CCC(C(=O)NCC(C)C)N(Cc1ccccc1Cl)C(=O)CN(c1ccccc1)S(=O)(=O)c1ccc(OC)cc1. The first-order valence-corrected chi connectivity index (χ1v) is 14.9. The summed E-state index contributed by atoms with van der Waals surface area (Å²) in [5.41, 5.74) is 0.971. The Labute approximate surface area is 241 Å². The summed E-state index contributed by atoms with van der Waals surface area (Å²) in [6, 6.07) is 20.6. The summed E-state index contributed by atoms with van der Waals surface area (Å²) >= 11 is 6.43. The number of hydrogen-bond acceptors (Lipinski definition) is 5. The monoisotopic (exact) mass is 585 g/mol. The molecule has 1 unspecified atom stereocenters. The van der Waals surface area contributed by atoms with E-state index in [2.05, 4.69) is 5.32 Å². The molecule has 2 amide bonds. The van der Waals surface area contributed by atoms with Crippen molar-refractivity contribution in [3.63, 3.8) is 0 Å². The Kier molecular flexibility index (Phi) is 11.0. The number of ether oxygens (including phenoxy) is 1. The largest absolute Gasteiger partial charge is 0.497 e. The predicted molar refractivity (Wildman–Crippen MR) is 158 cm³/mol. The lowest BCUT2D eigenvalue weighted by molar-refractivity contribution is -0.140. The molecule has 0 radical (unpaired) electrons. The normalized spacial score (nSPS) is 12.1. The molecule has 0 spiro atoms. The molecule has 0 aliphatic heterocycles. The lowest BCUT2D eigenvalue weighted by atomic mass is 10.1. The summed E-state index contributed by atoms with van der Waals surface area (Å²) in [5.74, 6) is -0.115. The quantitative estimate of drug-likeness (QED) is 0.300. The molecule has 3 aromatic rings. The Bertz CT molecular complexity index is 1380. The summed E-state index contributed by atoms with van der Waals surface area (Å²) in [7, 11) is -2.67. The number of rotatable bonds is 13. The number of para-hydroxylation sites is 1. The highest BCUT2D eigenvalue weighted by molar-refractivity contribution is 7.92. The Balaban J connectivity index is 2.03. The summed E-state index contributed by atoms with van der Waals surface area (Å²) in [4.78, 5) is 28.7. The number of sulfonamides is 1. The summed E-state index contributed by atoms with van der Waals surface area (Å²) < 4.78 is 34.0. The van der Waals surface area contributed by atoms with Crippen molar-refractivity contribution in [2.24, 2.45) is 5.92 Å². The van der Waals surface area contributed by atoms with Crippen LogP contribution in [0.3, 0.4) is 0 Å². The molecule has 0 bridgehead atoms. The molecule has 0 saturated carbocycles. The predicted octanol–water partition coefficient (Wildman–Crippen LogP) is 5.12. The molecule has 0 aliphatic rings. The van der Waals surface area contributed by atoms with E-state index in [4.69, 9.17) is 16.3 Å². The molecule has 3 rings (SSSR count). The van der Waals surface area contributed by atoms with E-state index < -0.39 is 28.5 Å². The van der Waals surface area contributed by atoms with Crippen LogP contribution >= 0.6 is 11.6 Å². The number of methoxy groups -OCH3 is 1. The van der Waals surface area contributed by atoms with Crippen molar-refractivity contribution in [3.8, 4) is 5.75 Å². The van der Waals surface area contributed by atoms with Crippen LogP contribution in [0.4, 0.5) is 5.69 Å². The van der Waals surface area contributed by atoms with Crippen LogP contribution in [0.1, 0.15) is 32.8 Å². The molecule has 40 heavy (non-hydrogen) atoms. The number of nitrogens with one attached hydrogen (secondary N) is 1. The molecule has 0 aromatic heterocycles. The zero-order valence-electron chi connectivity index (χ0n) is 23.2. The lowest BCUT2D eigenvalue weighted by Crippen LogP contribution is -2.52. The van der Waals surface area contributed by atoms with E-state index in [1.807, 2.05) is 20.8 Å². The van der Waals surface area contributed by atoms with Crippen molar-refractivity contribution in [2.45, 2.75) is 44.7 Å². The summed E-state index contributed by atoms with van der Waals surface area (Å²) in [6.45, 7) is 5.75. The van der Waals surface area contributed by atoms with Gasteiger partial charge in [0.05, 0.1) is 17.7 Å². The number of hydrogen-bond donors (Lipinski definition) is 1. The van der Waals surface area contributed by atoms with Crippen molar-refractivity contribution in [1.29, 1.82) is 0 Å². The van der Waals surface area contributed by atoms with E-state index in [-0.39, 0.29) is 23.3 Å². The number of carbonyl (C=O) groups is 2. The summed E-state index contributed by atoms with van der Waals surface area (Å²) in [6.07, 6.45) is 0.330. The molecule has 0 aliphatic carbocycles. The van der Waals surface area contributed by atoms with Gasteiger partial charge in [-0.3, -0.25) is 13.9 Å². The van der Waals surface area contributed by atoms with Crippen LogP contribution in [0.5, 0.6) is 5.75 Å². The van der Waals surface area contributed by atoms with Gasteiger partial charge in [0.15, 0.2) is 0 Å². The molecule has 0 fully saturated rings. The van der Waals surface area contributed by atoms with Gasteiger partial charge in [0.25, 0.3) is 10.0 Å². The molecule has 1 N–H and O–H groups in total. The Morgan fingerprint density at radius 2 is 1.57 bits per heavy atom. The molecule has 10 heteroatoms. The molecule has 1 atom stereocenters. The van der Waals surface area contributed by atoms with Crippen LogP contribution in [-0.4, -0.2) is 51.4 Å². The summed E-state index contributed by atoms with van der Waals surface area (Å²) in [5, 5.41) is 3.36. The van der Waals surface area contributed by atoms with E-state index in [0.29, 0.717) is 35.0 Å². The third-order valence-corrected chi connectivity index (χ3v) is 8.50. The number of benzene rings is 3. The number of amides is 2. The van der Waals surface area contributed by atoms with Crippen molar-refractivity contribution in [2.75, 3.05) is 24.5 Å². The first kappa shape index (κ1) is 31.0. The topological polar surface area (TPSA) is 96.0 Å². The number of halogens is 1. The van der Waals surface area contributed by atoms with Crippen molar-refractivity contribution in [3.05, 3.63) is 89.4 Å². The maximum Gasteiger partial charge on any atom is 0.264 e. The highest BCUT2D eigenvalue weighted by Gasteiger charge is 2.34. The highest BCUT2D eigenvalue weighted by Crippen LogP contribution is 2.26. The number of anilines is 1. The van der Waals surface area contributed by atoms with E-state index in [1.54, 1.807) is 66.7 Å². The van der Waals surface area contributed by atoms with Crippen molar-refractivity contribution >= 4 is 39.1 Å². The standard InChI is InChI=1S/C30H36ClN3O5S/c1-5-28(30(36)32-19-22(2)3)33(20-23-11-9-10-14-27(23)31)29(35)21-34(24-12-7-6-8-13-24)40(37,38)26-17-15-25(39-4)16-18-26/h6-18,22,28H,5,19-21H2,1-4H3,(H,32,36). The second-order valence-electron chi connectivity index (χ2n) is 9.70. The van der Waals surface area contributed by atoms with Crippen LogP contribution in [0, 0.1) is 5.92 Å². The van der Waals surface area contributed by atoms with Gasteiger partial charge in [0.1, 0.15) is 18.3 Å². The number of nitrogens with zero attached hydrogens (tertiary/aromatic N) is 2. The maximum absolute atomic E-state index is 14.0. The van der Waals surface area contributed by atoms with Gasteiger partial charge in [-0.2, -0.15) is 0 Å². The zero-order valence-corrected chi connectivity index (χ0v) is 24.8. The second-order valence-corrected chi connectivity index (χ2v) is 12.0. The Morgan fingerprint density at radius 3 is 2.15 bits per heavy atom. The van der Waals surface area contributed by atoms with Crippen LogP contribution < -0.4 is 14.4 Å². The van der Waals surface area contributed by atoms with Crippen molar-refractivity contribution < 1.29 is 22.7 Å². The minimum atomic E-state index is -4.16. The van der Waals surface area contributed by atoms with E-state index in [0.717, 1.165) is 4.31 Å². The zero-order chi connectivity index (χ0) is 29.3. The molecule has 0 saturated heterocycles. The van der Waals surface area contributed by atoms with Gasteiger partial charge in [-0.1, -0.05) is 68.8 Å². The van der Waals surface area contributed by atoms with Gasteiger partial charge in [0, 0.05) is 18.1 Å². The highest BCUT2D eigenvalue weighted by atomic mass is 35.5. The van der Waals surface area contributed by atoms with Crippen molar-refractivity contribution in [1.82, 2.24) is 10.2 Å². The first-order chi connectivity index (χ1) is 19.1. The van der Waals surface area contributed by atoms with E-state index in [1.165, 1.54) is 24.1 Å². The fourth-order valence-corrected chi connectivity index (χ4v) is 5.76. The van der Waals surface area contributed by atoms with E-state index in [9.17, 15) is 18.0 Å². The van der Waals surface area contributed by atoms with Gasteiger partial charge in [-0.15, -0.1) is 0 Å². The fraction of sp³-hybridized carbons (Fsp3) is 0.333. The third-order valence-electron chi connectivity index (χ3n) is 6.34. The van der Waals surface area contributed by atoms with Gasteiger partial charge in [0.2, 0.25) is 11.8 Å². The van der Waals surface area contributed by atoms with Gasteiger partial charge in [-0.25, -0.2) is 8.42 Å². The smallest absolute Gasteiger partial charge is 0.264 e.